The summed E-state index contributed by atoms with van der Waals surface area (Å²) in [5, 5.41) is 11.7. The van der Waals surface area contributed by atoms with E-state index in [9.17, 15) is 19.5 Å². The van der Waals surface area contributed by atoms with E-state index in [0.717, 1.165) is 22.5 Å². The van der Waals surface area contributed by atoms with Crippen molar-refractivity contribution in [2.75, 3.05) is 19.1 Å². The van der Waals surface area contributed by atoms with Crippen molar-refractivity contribution in [3.05, 3.63) is 105 Å². The topological polar surface area (TPSA) is 115 Å². The Kier molecular flexibility index (Phi) is 8.31. The molecule has 1 aromatic heterocycles. The highest BCUT2D eigenvalue weighted by atomic mass is 32.1. The average molecular weight is 599 g/mol. The summed E-state index contributed by atoms with van der Waals surface area (Å²) in [7, 11) is 2.98. The number of anilines is 1. The van der Waals surface area contributed by atoms with Crippen molar-refractivity contribution in [1.82, 2.24) is 4.98 Å². The number of nitrogens with zero attached hydrogens (tertiary/aromatic N) is 2. The number of Topliss-reactive ketones (excluding diaryl/α,β-unsaturated/α-hetero) is 2. The average Bonchev–Trinajstić information content (AvgIpc) is 3.52. The molecule has 3 aromatic carbocycles. The molecule has 0 radical (unpaired) electrons. The second kappa shape index (κ2) is 12.1. The van der Waals surface area contributed by atoms with Crippen molar-refractivity contribution in [3.63, 3.8) is 0 Å². The van der Waals surface area contributed by atoms with Crippen molar-refractivity contribution < 1.29 is 33.7 Å². The van der Waals surface area contributed by atoms with Crippen LogP contribution in [0.25, 0.3) is 5.76 Å². The third-order valence-electron chi connectivity index (χ3n) is 7.26. The van der Waals surface area contributed by atoms with E-state index in [-0.39, 0.29) is 22.2 Å². The van der Waals surface area contributed by atoms with Crippen LogP contribution in [0.2, 0.25) is 0 Å². The van der Waals surface area contributed by atoms with E-state index in [1.807, 2.05) is 31.2 Å². The van der Waals surface area contributed by atoms with Gasteiger partial charge in [-0.25, -0.2) is 4.98 Å². The zero-order chi connectivity index (χ0) is 30.8. The third kappa shape index (κ3) is 5.61. The van der Waals surface area contributed by atoms with E-state index in [1.165, 1.54) is 26.0 Å². The van der Waals surface area contributed by atoms with Gasteiger partial charge in [0.05, 0.1) is 36.4 Å². The summed E-state index contributed by atoms with van der Waals surface area (Å²) in [6.07, 6.45) is 0. The van der Waals surface area contributed by atoms with Crippen molar-refractivity contribution in [2.45, 2.75) is 33.4 Å². The summed E-state index contributed by atoms with van der Waals surface area (Å²) in [6.45, 7) is 5.47. The van der Waals surface area contributed by atoms with Gasteiger partial charge in [0.2, 0.25) is 0 Å². The predicted octanol–water partition coefficient (Wildman–Crippen LogP) is 6.19. The summed E-state index contributed by atoms with van der Waals surface area (Å²) in [5.41, 5.74) is 3.29. The quantitative estimate of drug-likeness (QED) is 0.105. The van der Waals surface area contributed by atoms with Gasteiger partial charge in [-0.05, 0) is 66.9 Å². The van der Waals surface area contributed by atoms with Crippen LogP contribution < -0.4 is 19.1 Å². The fourth-order valence-corrected chi connectivity index (χ4v) is 5.97. The van der Waals surface area contributed by atoms with E-state index in [0.29, 0.717) is 45.6 Å². The van der Waals surface area contributed by atoms with E-state index < -0.39 is 17.7 Å². The van der Waals surface area contributed by atoms with Gasteiger partial charge in [-0.1, -0.05) is 41.7 Å². The second-order valence-corrected chi connectivity index (χ2v) is 11.0. The maximum Gasteiger partial charge on any atom is 0.301 e. The predicted molar refractivity (Wildman–Crippen MR) is 163 cm³/mol. The summed E-state index contributed by atoms with van der Waals surface area (Å²) in [5.74, 6) is -0.908. The molecular formula is C33H30N2O7S. The third-order valence-corrected chi connectivity index (χ3v) is 8.52. The number of ether oxygens (including phenoxy) is 3. The number of benzene rings is 3. The number of aryl methyl sites for hydroxylation is 2. The minimum Gasteiger partial charge on any atom is -0.507 e. The minimum atomic E-state index is -1.05. The van der Waals surface area contributed by atoms with Gasteiger partial charge < -0.3 is 19.3 Å². The van der Waals surface area contributed by atoms with E-state index in [1.54, 1.807) is 49.4 Å². The first kappa shape index (κ1) is 29.5. The Labute approximate surface area is 253 Å². The SMILES string of the molecule is COc1ccc(C2C(=C(O)c3ccc(OCc4ccccc4C)cc3)C(=O)C(=O)N2c2nc(C)c(C(C)=O)s2)cc1OC. The molecular weight excluding hydrogens is 568 g/mol. The molecule has 4 aromatic rings. The molecule has 1 fully saturated rings. The maximum atomic E-state index is 13.6. The lowest BCUT2D eigenvalue weighted by molar-refractivity contribution is -0.132. The molecule has 0 aliphatic carbocycles. The van der Waals surface area contributed by atoms with Crippen LogP contribution in [-0.4, -0.2) is 41.8 Å². The molecule has 5 rings (SSSR count). The molecule has 220 valence electrons. The first-order valence-electron chi connectivity index (χ1n) is 13.4. The Morgan fingerprint density at radius 2 is 1.67 bits per heavy atom. The van der Waals surface area contributed by atoms with E-state index in [4.69, 9.17) is 14.2 Å². The normalized spacial score (nSPS) is 15.9. The molecule has 1 amide bonds. The number of thiazole rings is 1. The van der Waals surface area contributed by atoms with Crippen LogP contribution in [0.15, 0.2) is 72.3 Å². The Morgan fingerprint density at radius 1 is 0.977 bits per heavy atom. The number of rotatable bonds is 9. The molecule has 43 heavy (non-hydrogen) atoms. The number of carbonyl (C=O) groups is 3. The molecule has 2 heterocycles. The van der Waals surface area contributed by atoms with Gasteiger partial charge in [-0.3, -0.25) is 19.3 Å². The van der Waals surface area contributed by atoms with Crippen LogP contribution >= 0.6 is 11.3 Å². The first-order valence-corrected chi connectivity index (χ1v) is 14.2. The van der Waals surface area contributed by atoms with Gasteiger partial charge >= 0.3 is 5.91 Å². The molecule has 1 N–H and O–H groups in total. The van der Waals surface area contributed by atoms with Crippen LogP contribution in [0.4, 0.5) is 5.13 Å². The number of aliphatic hydroxyl groups is 1. The number of methoxy groups -OCH3 is 2. The highest BCUT2D eigenvalue weighted by molar-refractivity contribution is 7.18. The largest absolute Gasteiger partial charge is 0.507 e. The van der Waals surface area contributed by atoms with Gasteiger partial charge in [-0.15, -0.1) is 0 Å². The number of aromatic nitrogens is 1. The lowest BCUT2D eigenvalue weighted by atomic mass is 9.95. The van der Waals surface area contributed by atoms with Crippen molar-refractivity contribution in [1.29, 1.82) is 0 Å². The zero-order valence-electron chi connectivity index (χ0n) is 24.3. The summed E-state index contributed by atoms with van der Waals surface area (Å²) in [6, 6.07) is 18.5. The van der Waals surface area contributed by atoms with E-state index >= 15 is 0 Å². The lowest BCUT2D eigenvalue weighted by Gasteiger charge is -2.23. The number of carbonyl (C=O) groups excluding carboxylic acids is 3. The molecule has 1 aliphatic rings. The molecule has 1 saturated heterocycles. The standard InChI is InChI=1S/C33H30N2O7S/c1-18-8-6-7-9-23(18)17-42-24-13-10-21(11-14-24)29(37)27-28(22-12-15-25(40-4)26(16-22)41-5)35(32(39)30(27)38)33-34-19(2)31(43-33)20(3)36/h6-16,28,37H,17H2,1-5H3. The van der Waals surface area contributed by atoms with Crippen LogP contribution in [-0.2, 0) is 16.2 Å². The molecule has 0 spiro atoms. The molecule has 1 atom stereocenters. The van der Waals surface area contributed by atoms with Crippen LogP contribution in [0, 0.1) is 13.8 Å². The number of hydrogen-bond donors (Lipinski definition) is 1. The van der Waals surface area contributed by atoms with Gasteiger partial charge in [0.1, 0.15) is 18.1 Å². The fraction of sp³-hybridized carbons (Fsp3) is 0.212. The molecule has 10 heteroatoms. The van der Waals surface area contributed by atoms with Crippen molar-refractivity contribution in [3.8, 4) is 17.2 Å². The second-order valence-electron chi connectivity index (χ2n) is 9.99. The number of aliphatic hydroxyl groups excluding tert-OH is 1. The first-order chi connectivity index (χ1) is 20.6. The Balaban J connectivity index is 1.57. The summed E-state index contributed by atoms with van der Waals surface area (Å²) in [4.78, 5) is 45.4. The van der Waals surface area contributed by atoms with Gasteiger partial charge in [0.15, 0.2) is 22.4 Å². The smallest absolute Gasteiger partial charge is 0.301 e. The highest BCUT2D eigenvalue weighted by Crippen LogP contribution is 2.45. The fourth-order valence-electron chi connectivity index (χ4n) is 4.98. The highest BCUT2D eigenvalue weighted by Gasteiger charge is 2.48. The molecule has 9 nitrogen and oxygen atoms in total. The number of ketones is 2. The monoisotopic (exact) mass is 598 g/mol. The van der Waals surface area contributed by atoms with Crippen LogP contribution in [0.1, 0.15) is 50.6 Å². The van der Waals surface area contributed by atoms with Gasteiger partial charge in [-0.2, -0.15) is 0 Å². The van der Waals surface area contributed by atoms with Gasteiger partial charge in [0, 0.05) is 12.5 Å². The minimum absolute atomic E-state index is 0.122. The van der Waals surface area contributed by atoms with Crippen LogP contribution in [0.3, 0.4) is 0 Å². The van der Waals surface area contributed by atoms with E-state index in [2.05, 4.69) is 4.98 Å². The number of amides is 1. The Morgan fingerprint density at radius 3 is 2.30 bits per heavy atom. The van der Waals surface area contributed by atoms with Gasteiger partial charge in [0.25, 0.3) is 5.78 Å². The van der Waals surface area contributed by atoms with Crippen molar-refractivity contribution >= 4 is 39.7 Å². The molecule has 0 saturated carbocycles. The maximum absolute atomic E-state index is 13.6. The zero-order valence-corrected chi connectivity index (χ0v) is 25.2. The van der Waals surface area contributed by atoms with Crippen molar-refractivity contribution in [2.24, 2.45) is 0 Å². The Bertz CT molecular complexity index is 1760. The van der Waals surface area contributed by atoms with Crippen LogP contribution in [0.5, 0.6) is 17.2 Å². The molecule has 1 unspecified atom stereocenters. The lowest BCUT2D eigenvalue weighted by Crippen LogP contribution is -2.29. The number of hydrogen-bond acceptors (Lipinski definition) is 9. The Hall–Kier alpha value is -4.96. The summed E-state index contributed by atoms with van der Waals surface area (Å²) < 4.78 is 16.8. The molecule has 0 bridgehead atoms. The summed E-state index contributed by atoms with van der Waals surface area (Å²) >= 11 is 1.02. The molecule has 1 aliphatic heterocycles.